The number of piperazine rings is 1. The SMILES string of the molecule is CSc1ccc(C(=O)N2CCN(c3nc(C)cc(N4CCCCC4)n3)CC2)cc1. The zero-order valence-electron chi connectivity index (χ0n) is 17.3. The highest BCUT2D eigenvalue weighted by molar-refractivity contribution is 7.98. The van der Waals surface area contributed by atoms with Crippen LogP contribution >= 0.6 is 11.8 Å². The Bertz CT molecular complexity index is 843. The summed E-state index contributed by atoms with van der Waals surface area (Å²) in [5.74, 6) is 1.94. The molecule has 0 radical (unpaired) electrons. The van der Waals surface area contributed by atoms with Gasteiger partial charge in [0.2, 0.25) is 5.95 Å². The van der Waals surface area contributed by atoms with E-state index in [1.54, 1.807) is 11.8 Å². The average Bonchev–Trinajstić information content (AvgIpc) is 2.79. The molecule has 1 amide bonds. The smallest absolute Gasteiger partial charge is 0.253 e. The van der Waals surface area contributed by atoms with Crippen LogP contribution in [0.3, 0.4) is 0 Å². The predicted octanol–water partition coefficient (Wildman–Crippen LogP) is 3.46. The topological polar surface area (TPSA) is 52.6 Å². The van der Waals surface area contributed by atoms with E-state index in [-0.39, 0.29) is 5.91 Å². The maximum atomic E-state index is 12.8. The van der Waals surface area contributed by atoms with E-state index in [4.69, 9.17) is 4.98 Å². The van der Waals surface area contributed by atoms with Crippen LogP contribution in [-0.2, 0) is 0 Å². The van der Waals surface area contributed by atoms with Crippen LogP contribution < -0.4 is 9.80 Å². The summed E-state index contributed by atoms with van der Waals surface area (Å²) in [5.41, 5.74) is 1.76. The summed E-state index contributed by atoms with van der Waals surface area (Å²) in [6.07, 6.45) is 5.82. The van der Waals surface area contributed by atoms with E-state index in [1.807, 2.05) is 42.3 Å². The fourth-order valence-electron chi connectivity index (χ4n) is 3.99. The number of carbonyl (C=O) groups is 1. The van der Waals surface area contributed by atoms with Crippen molar-refractivity contribution in [3.8, 4) is 0 Å². The van der Waals surface area contributed by atoms with Gasteiger partial charge in [0.15, 0.2) is 0 Å². The number of benzene rings is 1. The normalized spacial score (nSPS) is 17.5. The van der Waals surface area contributed by atoms with Crippen molar-refractivity contribution in [2.45, 2.75) is 31.1 Å². The molecule has 29 heavy (non-hydrogen) atoms. The maximum absolute atomic E-state index is 12.8. The number of piperidine rings is 1. The van der Waals surface area contributed by atoms with Crippen LogP contribution in [0.2, 0.25) is 0 Å². The Hall–Kier alpha value is -2.28. The van der Waals surface area contributed by atoms with Gasteiger partial charge in [0, 0.05) is 61.5 Å². The highest BCUT2D eigenvalue weighted by atomic mass is 32.2. The van der Waals surface area contributed by atoms with E-state index < -0.39 is 0 Å². The molecule has 0 aliphatic carbocycles. The molecule has 2 fully saturated rings. The molecule has 0 N–H and O–H groups in total. The number of anilines is 2. The molecule has 0 atom stereocenters. The molecule has 0 spiro atoms. The van der Waals surface area contributed by atoms with Crippen molar-refractivity contribution >= 4 is 29.4 Å². The highest BCUT2D eigenvalue weighted by Crippen LogP contribution is 2.22. The standard InChI is InChI=1S/C22H29N5OS/c1-17-16-20(25-10-4-3-5-11-25)24-22(23-17)27-14-12-26(13-15-27)21(28)18-6-8-19(29-2)9-7-18/h6-9,16H,3-5,10-15H2,1-2H3. The van der Waals surface area contributed by atoms with Gasteiger partial charge in [-0.1, -0.05) is 0 Å². The molecule has 154 valence electrons. The van der Waals surface area contributed by atoms with Crippen LogP contribution in [0.1, 0.15) is 35.3 Å². The van der Waals surface area contributed by atoms with Crippen molar-refractivity contribution in [1.82, 2.24) is 14.9 Å². The van der Waals surface area contributed by atoms with Gasteiger partial charge in [0.05, 0.1) is 0 Å². The van der Waals surface area contributed by atoms with Crippen molar-refractivity contribution in [3.05, 3.63) is 41.6 Å². The van der Waals surface area contributed by atoms with Gasteiger partial charge in [-0.05, 0) is 56.7 Å². The summed E-state index contributed by atoms with van der Waals surface area (Å²) in [5, 5.41) is 0. The second kappa shape index (κ2) is 9.03. The molecule has 7 heteroatoms. The first-order valence-electron chi connectivity index (χ1n) is 10.4. The van der Waals surface area contributed by atoms with Gasteiger partial charge in [-0.3, -0.25) is 4.79 Å². The van der Waals surface area contributed by atoms with Crippen molar-refractivity contribution in [3.63, 3.8) is 0 Å². The molecule has 0 saturated carbocycles. The average molecular weight is 412 g/mol. The summed E-state index contributed by atoms with van der Waals surface area (Å²) in [6.45, 7) is 7.10. The minimum absolute atomic E-state index is 0.108. The van der Waals surface area contributed by atoms with Gasteiger partial charge in [-0.2, -0.15) is 4.98 Å². The highest BCUT2D eigenvalue weighted by Gasteiger charge is 2.24. The first kappa shape index (κ1) is 20.0. The van der Waals surface area contributed by atoms with Crippen molar-refractivity contribution < 1.29 is 4.79 Å². The second-order valence-electron chi connectivity index (χ2n) is 7.72. The number of aryl methyl sites for hydroxylation is 1. The molecule has 3 heterocycles. The number of nitrogens with zero attached hydrogens (tertiary/aromatic N) is 5. The van der Waals surface area contributed by atoms with Crippen LogP contribution in [0.5, 0.6) is 0 Å². The van der Waals surface area contributed by atoms with Gasteiger partial charge in [0.25, 0.3) is 5.91 Å². The van der Waals surface area contributed by atoms with Crippen LogP contribution in [0, 0.1) is 6.92 Å². The van der Waals surface area contributed by atoms with Gasteiger partial charge in [0.1, 0.15) is 5.82 Å². The van der Waals surface area contributed by atoms with E-state index >= 15 is 0 Å². The summed E-state index contributed by atoms with van der Waals surface area (Å²) in [7, 11) is 0. The number of amides is 1. The van der Waals surface area contributed by atoms with Crippen molar-refractivity contribution in [1.29, 1.82) is 0 Å². The van der Waals surface area contributed by atoms with Crippen LogP contribution in [0.25, 0.3) is 0 Å². The lowest BCUT2D eigenvalue weighted by molar-refractivity contribution is 0.0746. The zero-order valence-corrected chi connectivity index (χ0v) is 18.1. The van der Waals surface area contributed by atoms with E-state index in [9.17, 15) is 4.79 Å². The molecular weight excluding hydrogens is 382 g/mol. The molecule has 1 aromatic carbocycles. The van der Waals surface area contributed by atoms with Crippen LogP contribution in [0.4, 0.5) is 11.8 Å². The number of hydrogen-bond acceptors (Lipinski definition) is 6. The van der Waals surface area contributed by atoms with E-state index in [1.165, 1.54) is 24.2 Å². The quantitative estimate of drug-likeness (QED) is 0.718. The largest absolute Gasteiger partial charge is 0.356 e. The lowest BCUT2D eigenvalue weighted by atomic mass is 10.1. The lowest BCUT2D eigenvalue weighted by Gasteiger charge is -2.35. The number of thioether (sulfide) groups is 1. The van der Waals surface area contributed by atoms with Gasteiger partial charge in [-0.15, -0.1) is 11.8 Å². The van der Waals surface area contributed by atoms with Crippen molar-refractivity contribution in [2.75, 3.05) is 55.3 Å². The fourth-order valence-corrected chi connectivity index (χ4v) is 4.40. The second-order valence-corrected chi connectivity index (χ2v) is 8.60. The Labute approximate surface area is 177 Å². The molecule has 4 rings (SSSR count). The van der Waals surface area contributed by atoms with Gasteiger partial charge >= 0.3 is 0 Å². The summed E-state index contributed by atoms with van der Waals surface area (Å²) in [6, 6.07) is 9.96. The van der Waals surface area contributed by atoms with E-state index in [2.05, 4.69) is 20.9 Å². The van der Waals surface area contributed by atoms with Crippen molar-refractivity contribution in [2.24, 2.45) is 0 Å². The Balaban J connectivity index is 1.41. The zero-order chi connectivity index (χ0) is 20.2. The van der Waals surface area contributed by atoms with E-state index in [0.29, 0.717) is 13.1 Å². The molecule has 0 unspecified atom stereocenters. The maximum Gasteiger partial charge on any atom is 0.253 e. The third-order valence-corrected chi connectivity index (χ3v) is 6.44. The monoisotopic (exact) mass is 411 g/mol. The Kier molecular flexibility index (Phi) is 6.23. The molecule has 2 aliphatic rings. The summed E-state index contributed by atoms with van der Waals surface area (Å²) < 4.78 is 0. The lowest BCUT2D eigenvalue weighted by Crippen LogP contribution is -2.49. The Morgan fingerprint density at radius 3 is 2.24 bits per heavy atom. The number of hydrogen-bond donors (Lipinski definition) is 0. The third kappa shape index (κ3) is 4.66. The number of rotatable bonds is 4. The summed E-state index contributed by atoms with van der Waals surface area (Å²) in [4.78, 5) is 30.1. The van der Waals surface area contributed by atoms with Gasteiger partial charge in [-0.25, -0.2) is 4.98 Å². The minimum atomic E-state index is 0.108. The van der Waals surface area contributed by atoms with E-state index in [0.717, 1.165) is 49.2 Å². The molecule has 2 saturated heterocycles. The molecule has 2 aromatic rings. The number of carbonyl (C=O) groups excluding carboxylic acids is 1. The molecule has 0 bridgehead atoms. The first-order valence-corrected chi connectivity index (χ1v) is 11.7. The Morgan fingerprint density at radius 1 is 0.897 bits per heavy atom. The number of aromatic nitrogens is 2. The Morgan fingerprint density at radius 2 is 1.59 bits per heavy atom. The molecule has 1 aromatic heterocycles. The molecule has 2 aliphatic heterocycles. The summed E-state index contributed by atoms with van der Waals surface area (Å²) >= 11 is 1.69. The first-order chi connectivity index (χ1) is 14.1. The minimum Gasteiger partial charge on any atom is -0.356 e. The third-order valence-electron chi connectivity index (χ3n) is 5.70. The van der Waals surface area contributed by atoms with Gasteiger partial charge < -0.3 is 14.7 Å². The molecular formula is C22H29N5OS. The predicted molar refractivity (Wildman–Crippen MR) is 119 cm³/mol. The van der Waals surface area contributed by atoms with Crippen LogP contribution in [-0.4, -0.2) is 66.3 Å². The van der Waals surface area contributed by atoms with Crippen LogP contribution in [0.15, 0.2) is 35.2 Å². The fraction of sp³-hybridized carbons (Fsp3) is 0.500. The molecule has 6 nitrogen and oxygen atoms in total.